The first-order chi connectivity index (χ1) is 13.8. The Kier molecular flexibility index (Phi) is 6.59. The second-order valence-corrected chi connectivity index (χ2v) is 9.56. The van der Waals surface area contributed by atoms with Crippen molar-refractivity contribution in [2.45, 2.75) is 44.6 Å². The van der Waals surface area contributed by atoms with E-state index in [1.807, 2.05) is 31.2 Å². The molecule has 156 valence electrons. The first-order valence-electron chi connectivity index (χ1n) is 9.91. The first-order valence-corrected chi connectivity index (χ1v) is 11.3. The zero-order valence-electron chi connectivity index (χ0n) is 17.1. The standard InChI is InChI=1S/C22H28N2O4S/c1-16-12-14-24(15-13-16)29(26,27)20-10-8-19(9-11-20)23-22(25)18(3)28-21-7-5-4-6-17(21)2/h4-11,16,18H,12-15H2,1-3H3,(H,23,25). The average molecular weight is 417 g/mol. The Bertz CT molecular complexity index is 949. The predicted octanol–water partition coefficient (Wildman–Crippen LogP) is 3.82. The van der Waals surface area contributed by atoms with E-state index in [0.29, 0.717) is 30.4 Å². The van der Waals surface area contributed by atoms with Crippen LogP contribution in [0.25, 0.3) is 0 Å². The van der Waals surface area contributed by atoms with Gasteiger partial charge in [-0.05, 0) is 68.5 Å². The van der Waals surface area contributed by atoms with Crippen LogP contribution in [0.1, 0.15) is 32.3 Å². The summed E-state index contributed by atoms with van der Waals surface area (Å²) in [6.07, 6.45) is 1.08. The molecule has 1 unspecified atom stereocenters. The molecule has 1 aliphatic heterocycles. The van der Waals surface area contributed by atoms with Gasteiger partial charge in [0.05, 0.1) is 4.90 Å². The van der Waals surface area contributed by atoms with E-state index >= 15 is 0 Å². The number of hydrogen-bond acceptors (Lipinski definition) is 4. The zero-order valence-corrected chi connectivity index (χ0v) is 17.9. The summed E-state index contributed by atoms with van der Waals surface area (Å²) in [5, 5.41) is 2.77. The molecule has 0 aliphatic carbocycles. The molecule has 0 bridgehead atoms. The van der Waals surface area contributed by atoms with E-state index in [1.54, 1.807) is 23.4 Å². The van der Waals surface area contributed by atoms with Crippen LogP contribution in [0, 0.1) is 12.8 Å². The molecule has 1 heterocycles. The molecule has 0 saturated carbocycles. The van der Waals surface area contributed by atoms with Gasteiger partial charge in [0.25, 0.3) is 5.91 Å². The number of sulfonamides is 1. The highest BCUT2D eigenvalue weighted by atomic mass is 32.2. The number of benzene rings is 2. The highest BCUT2D eigenvalue weighted by molar-refractivity contribution is 7.89. The van der Waals surface area contributed by atoms with E-state index in [4.69, 9.17) is 4.74 Å². The van der Waals surface area contributed by atoms with Crippen LogP contribution in [-0.4, -0.2) is 37.8 Å². The van der Waals surface area contributed by atoms with Gasteiger partial charge in [0.1, 0.15) is 5.75 Å². The Balaban J connectivity index is 1.62. The highest BCUT2D eigenvalue weighted by Gasteiger charge is 2.28. The molecule has 6 nitrogen and oxygen atoms in total. The largest absolute Gasteiger partial charge is 0.481 e. The SMILES string of the molecule is Cc1ccccc1OC(C)C(=O)Nc1ccc(S(=O)(=O)N2CCC(C)CC2)cc1. The third-order valence-electron chi connectivity index (χ3n) is 5.27. The molecule has 0 aromatic heterocycles. The monoisotopic (exact) mass is 416 g/mol. The molecule has 2 aromatic carbocycles. The van der Waals surface area contributed by atoms with E-state index in [-0.39, 0.29) is 10.8 Å². The quantitative estimate of drug-likeness (QED) is 0.777. The van der Waals surface area contributed by atoms with Crippen molar-refractivity contribution in [1.29, 1.82) is 0 Å². The number of carbonyl (C=O) groups excluding carboxylic acids is 1. The Morgan fingerprint density at radius 3 is 2.34 bits per heavy atom. The molecule has 0 radical (unpaired) electrons. The van der Waals surface area contributed by atoms with Gasteiger partial charge >= 0.3 is 0 Å². The number of anilines is 1. The van der Waals surface area contributed by atoms with Crippen molar-refractivity contribution in [3.63, 3.8) is 0 Å². The van der Waals surface area contributed by atoms with Crippen molar-refractivity contribution in [2.24, 2.45) is 5.92 Å². The summed E-state index contributed by atoms with van der Waals surface area (Å²) < 4.78 is 32.8. The van der Waals surface area contributed by atoms with Gasteiger partial charge in [0.15, 0.2) is 6.10 Å². The number of amides is 1. The molecule has 1 aliphatic rings. The lowest BCUT2D eigenvalue weighted by Gasteiger charge is -2.29. The molecule has 29 heavy (non-hydrogen) atoms. The van der Waals surface area contributed by atoms with Crippen LogP contribution in [0.5, 0.6) is 5.75 Å². The van der Waals surface area contributed by atoms with Crippen LogP contribution in [0.3, 0.4) is 0 Å². The number of nitrogens with zero attached hydrogens (tertiary/aromatic N) is 1. The summed E-state index contributed by atoms with van der Waals surface area (Å²) in [6, 6.07) is 13.8. The van der Waals surface area contributed by atoms with Crippen molar-refractivity contribution >= 4 is 21.6 Å². The molecule has 1 N–H and O–H groups in total. The minimum atomic E-state index is -3.50. The number of hydrogen-bond donors (Lipinski definition) is 1. The Hall–Kier alpha value is -2.38. The van der Waals surface area contributed by atoms with Gasteiger partial charge in [-0.25, -0.2) is 8.42 Å². The van der Waals surface area contributed by atoms with Crippen LogP contribution in [0.2, 0.25) is 0 Å². The Morgan fingerprint density at radius 2 is 1.72 bits per heavy atom. The maximum absolute atomic E-state index is 12.8. The minimum Gasteiger partial charge on any atom is -0.481 e. The van der Waals surface area contributed by atoms with E-state index in [2.05, 4.69) is 12.2 Å². The molecule has 0 spiro atoms. The number of ether oxygens (including phenoxy) is 1. The number of rotatable bonds is 6. The second-order valence-electron chi connectivity index (χ2n) is 7.63. The summed E-state index contributed by atoms with van der Waals surface area (Å²) in [6.45, 7) is 6.84. The highest BCUT2D eigenvalue weighted by Crippen LogP contribution is 2.24. The first kappa shape index (κ1) is 21.3. The van der Waals surface area contributed by atoms with Gasteiger partial charge in [-0.2, -0.15) is 4.31 Å². The fourth-order valence-corrected chi connectivity index (χ4v) is 4.73. The Labute approximate surface area is 172 Å². The molecule has 3 rings (SSSR count). The number of carbonyl (C=O) groups is 1. The molecule has 1 fully saturated rings. The summed E-state index contributed by atoms with van der Waals surface area (Å²) in [4.78, 5) is 12.7. The molecule has 1 saturated heterocycles. The summed E-state index contributed by atoms with van der Waals surface area (Å²) >= 11 is 0. The predicted molar refractivity (Wildman–Crippen MR) is 113 cm³/mol. The number of piperidine rings is 1. The van der Waals surface area contributed by atoms with Crippen molar-refractivity contribution in [3.05, 3.63) is 54.1 Å². The van der Waals surface area contributed by atoms with Crippen molar-refractivity contribution in [3.8, 4) is 5.75 Å². The maximum atomic E-state index is 12.8. The zero-order chi connectivity index (χ0) is 21.0. The molecule has 1 amide bonds. The molecule has 7 heteroatoms. The molecular weight excluding hydrogens is 388 g/mol. The summed E-state index contributed by atoms with van der Waals surface area (Å²) in [5.74, 6) is 0.921. The fourth-order valence-electron chi connectivity index (χ4n) is 3.26. The van der Waals surface area contributed by atoms with E-state index in [0.717, 1.165) is 18.4 Å². The third-order valence-corrected chi connectivity index (χ3v) is 7.18. The average Bonchev–Trinajstić information content (AvgIpc) is 2.70. The lowest BCUT2D eigenvalue weighted by Crippen LogP contribution is -2.37. The summed E-state index contributed by atoms with van der Waals surface area (Å²) in [5.41, 5.74) is 1.48. The van der Waals surface area contributed by atoms with E-state index in [1.165, 1.54) is 12.1 Å². The lowest BCUT2D eigenvalue weighted by molar-refractivity contribution is -0.122. The second kappa shape index (κ2) is 8.97. The minimum absolute atomic E-state index is 0.245. The summed E-state index contributed by atoms with van der Waals surface area (Å²) in [7, 11) is -3.50. The van der Waals surface area contributed by atoms with Crippen LogP contribution >= 0.6 is 0 Å². The normalized spacial score (nSPS) is 16.9. The molecule has 1 atom stereocenters. The van der Waals surface area contributed by atoms with Crippen LogP contribution in [0.4, 0.5) is 5.69 Å². The smallest absolute Gasteiger partial charge is 0.265 e. The van der Waals surface area contributed by atoms with Gasteiger partial charge in [-0.1, -0.05) is 25.1 Å². The van der Waals surface area contributed by atoms with Crippen molar-refractivity contribution < 1.29 is 17.9 Å². The van der Waals surface area contributed by atoms with Crippen molar-refractivity contribution in [1.82, 2.24) is 4.31 Å². The van der Waals surface area contributed by atoms with Crippen molar-refractivity contribution in [2.75, 3.05) is 18.4 Å². The van der Waals surface area contributed by atoms with Gasteiger partial charge < -0.3 is 10.1 Å². The Morgan fingerprint density at radius 1 is 1.10 bits per heavy atom. The fraction of sp³-hybridized carbons (Fsp3) is 0.409. The lowest BCUT2D eigenvalue weighted by atomic mass is 10.0. The van der Waals surface area contributed by atoms with E-state index < -0.39 is 16.1 Å². The topological polar surface area (TPSA) is 75.7 Å². The number of nitrogens with one attached hydrogen (secondary N) is 1. The van der Waals surface area contributed by atoms with Gasteiger partial charge in [-0.3, -0.25) is 4.79 Å². The molecular formula is C22H28N2O4S. The van der Waals surface area contributed by atoms with Crippen LogP contribution < -0.4 is 10.1 Å². The number of para-hydroxylation sites is 1. The molecule has 2 aromatic rings. The van der Waals surface area contributed by atoms with E-state index in [9.17, 15) is 13.2 Å². The van der Waals surface area contributed by atoms with Gasteiger partial charge in [0.2, 0.25) is 10.0 Å². The number of aryl methyl sites for hydroxylation is 1. The van der Waals surface area contributed by atoms with Crippen LogP contribution in [0.15, 0.2) is 53.4 Å². The van der Waals surface area contributed by atoms with Gasteiger partial charge in [0, 0.05) is 18.8 Å². The van der Waals surface area contributed by atoms with Crippen LogP contribution in [-0.2, 0) is 14.8 Å². The third kappa shape index (κ3) is 5.16. The van der Waals surface area contributed by atoms with Gasteiger partial charge in [-0.15, -0.1) is 0 Å². The maximum Gasteiger partial charge on any atom is 0.265 e.